The van der Waals surface area contributed by atoms with Crippen molar-refractivity contribution in [3.8, 4) is 11.5 Å². The van der Waals surface area contributed by atoms with Crippen LogP contribution in [0.3, 0.4) is 0 Å². The number of nitrogens with one attached hydrogen (secondary N) is 1. The van der Waals surface area contributed by atoms with Gasteiger partial charge in [-0.25, -0.2) is 0 Å². The number of hydrogen-bond donors (Lipinski definition) is 1. The molecule has 4 heteroatoms. The van der Waals surface area contributed by atoms with E-state index in [1.807, 2.05) is 24.3 Å². The molecule has 0 bridgehead atoms. The standard InChI is InChI=1S/C21H25NO3/c1-24-18-9-10-19(25-2)16(13-18)14-20(23)22-15-21(11-6-12-21)17-7-4-3-5-8-17/h3-5,7-10,13H,6,11-12,14-15H2,1-2H3,(H,22,23). The average Bonchev–Trinajstić information content (AvgIpc) is 2.61. The number of methoxy groups -OCH3 is 2. The van der Waals surface area contributed by atoms with Crippen LogP contribution >= 0.6 is 0 Å². The van der Waals surface area contributed by atoms with Crippen molar-refractivity contribution in [1.29, 1.82) is 0 Å². The summed E-state index contributed by atoms with van der Waals surface area (Å²) in [7, 11) is 3.23. The van der Waals surface area contributed by atoms with Crippen LogP contribution in [-0.2, 0) is 16.6 Å². The van der Waals surface area contributed by atoms with E-state index in [0.29, 0.717) is 12.3 Å². The number of benzene rings is 2. The topological polar surface area (TPSA) is 47.6 Å². The molecule has 1 aliphatic rings. The van der Waals surface area contributed by atoms with E-state index >= 15 is 0 Å². The van der Waals surface area contributed by atoms with Gasteiger partial charge in [0.25, 0.3) is 0 Å². The number of ether oxygens (including phenoxy) is 2. The molecule has 132 valence electrons. The maximum atomic E-state index is 12.5. The summed E-state index contributed by atoms with van der Waals surface area (Å²) in [5.74, 6) is 1.44. The molecule has 0 aliphatic heterocycles. The van der Waals surface area contributed by atoms with Gasteiger partial charge in [0.2, 0.25) is 5.91 Å². The molecule has 1 amide bonds. The number of amides is 1. The van der Waals surface area contributed by atoms with Gasteiger partial charge in [-0.1, -0.05) is 36.8 Å². The summed E-state index contributed by atoms with van der Waals surface area (Å²) in [5, 5.41) is 3.13. The molecule has 4 nitrogen and oxygen atoms in total. The Morgan fingerprint density at radius 2 is 1.84 bits per heavy atom. The normalized spacial score (nSPS) is 15.1. The fourth-order valence-corrected chi connectivity index (χ4v) is 3.49. The predicted molar refractivity (Wildman–Crippen MR) is 98.2 cm³/mol. The van der Waals surface area contributed by atoms with Crippen LogP contribution in [0.5, 0.6) is 11.5 Å². The highest BCUT2D eigenvalue weighted by Gasteiger charge is 2.38. The second kappa shape index (κ2) is 7.60. The van der Waals surface area contributed by atoms with Gasteiger partial charge in [0.1, 0.15) is 11.5 Å². The SMILES string of the molecule is COc1ccc(OC)c(CC(=O)NCC2(c3ccccc3)CCC2)c1. The van der Waals surface area contributed by atoms with Crippen molar-refractivity contribution in [2.75, 3.05) is 20.8 Å². The Hall–Kier alpha value is -2.49. The highest BCUT2D eigenvalue weighted by molar-refractivity contribution is 5.79. The van der Waals surface area contributed by atoms with Crippen molar-refractivity contribution in [3.63, 3.8) is 0 Å². The molecule has 0 aromatic heterocycles. The van der Waals surface area contributed by atoms with E-state index in [-0.39, 0.29) is 17.7 Å². The van der Waals surface area contributed by atoms with Gasteiger partial charge in [0, 0.05) is 17.5 Å². The van der Waals surface area contributed by atoms with Crippen LogP contribution in [0.15, 0.2) is 48.5 Å². The Balaban J connectivity index is 1.65. The molecule has 3 rings (SSSR count). The molecule has 25 heavy (non-hydrogen) atoms. The monoisotopic (exact) mass is 339 g/mol. The van der Waals surface area contributed by atoms with Crippen molar-refractivity contribution < 1.29 is 14.3 Å². The summed E-state index contributed by atoms with van der Waals surface area (Å²) >= 11 is 0. The van der Waals surface area contributed by atoms with Crippen LogP contribution in [0, 0.1) is 0 Å². The van der Waals surface area contributed by atoms with Crippen LogP contribution in [-0.4, -0.2) is 26.7 Å². The average molecular weight is 339 g/mol. The van der Waals surface area contributed by atoms with E-state index in [2.05, 4.69) is 29.6 Å². The van der Waals surface area contributed by atoms with Crippen molar-refractivity contribution in [2.45, 2.75) is 31.1 Å². The molecule has 1 N–H and O–H groups in total. The fraction of sp³-hybridized carbons (Fsp3) is 0.381. The van der Waals surface area contributed by atoms with Crippen LogP contribution in [0.2, 0.25) is 0 Å². The Bertz CT molecular complexity index is 723. The summed E-state index contributed by atoms with van der Waals surface area (Å²) in [6.07, 6.45) is 3.75. The van der Waals surface area contributed by atoms with Gasteiger partial charge >= 0.3 is 0 Å². The second-order valence-electron chi connectivity index (χ2n) is 6.63. The van der Waals surface area contributed by atoms with Gasteiger partial charge in [0.15, 0.2) is 0 Å². The van der Waals surface area contributed by atoms with E-state index in [1.54, 1.807) is 14.2 Å². The molecule has 0 heterocycles. The van der Waals surface area contributed by atoms with E-state index in [1.165, 1.54) is 12.0 Å². The second-order valence-corrected chi connectivity index (χ2v) is 6.63. The van der Waals surface area contributed by atoms with Crippen molar-refractivity contribution >= 4 is 5.91 Å². The molecular weight excluding hydrogens is 314 g/mol. The van der Waals surface area contributed by atoms with Gasteiger partial charge < -0.3 is 14.8 Å². The molecule has 1 saturated carbocycles. The molecule has 1 fully saturated rings. The number of rotatable bonds is 7. The van der Waals surface area contributed by atoms with Crippen molar-refractivity contribution in [3.05, 3.63) is 59.7 Å². The lowest BCUT2D eigenvalue weighted by Crippen LogP contribution is -2.45. The molecular formula is C21H25NO3. The first-order valence-electron chi connectivity index (χ1n) is 8.70. The first kappa shape index (κ1) is 17.3. The minimum absolute atomic E-state index is 0.00811. The van der Waals surface area contributed by atoms with Crippen LogP contribution in [0.1, 0.15) is 30.4 Å². The number of carbonyl (C=O) groups excluding carboxylic acids is 1. The zero-order valence-corrected chi connectivity index (χ0v) is 14.9. The van der Waals surface area contributed by atoms with Gasteiger partial charge in [-0.3, -0.25) is 4.79 Å². The van der Waals surface area contributed by atoms with E-state index in [0.717, 1.165) is 24.2 Å². The van der Waals surface area contributed by atoms with Gasteiger partial charge in [-0.2, -0.15) is 0 Å². The van der Waals surface area contributed by atoms with E-state index < -0.39 is 0 Å². The highest BCUT2D eigenvalue weighted by Crippen LogP contribution is 2.43. The van der Waals surface area contributed by atoms with Crippen molar-refractivity contribution in [2.24, 2.45) is 0 Å². The minimum atomic E-state index is 0.00811. The number of carbonyl (C=O) groups is 1. The highest BCUT2D eigenvalue weighted by atomic mass is 16.5. The maximum Gasteiger partial charge on any atom is 0.224 e. The molecule has 0 unspecified atom stereocenters. The first-order valence-corrected chi connectivity index (χ1v) is 8.70. The van der Waals surface area contributed by atoms with Crippen LogP contribution in [0.4, 0.5) is 0 Å². The lowest BCUT2D eigenvalue weighted by molar-refractivity contribution is -0.120. The first-order chi connectivity index (χ1) is 12.2. The predicted octanol–water partition coefficient (Wildman–Crippen LogP) is 3.48. The quantitative estimate of drug-likeness (QED) is 0.840. The van der Waals surface area contributed by atoms with E-state index in [9.17, 15) is 4.79 Å². The largest absolute Gasteiger partial charge is 0.497 e. The third-order valence-corrected chi connectivity index (χ3v) is 5.16. The Labute approximate surface area is 149 Å². The maximum absolute atomic E-state index is 12.5. The molecule has 0 spiro atoms. The van der Waals surface area contributed by atoms with Gasteiger partial charge in [0.05, 0.1) is 20.6 Å². The summed E-state index contributed by atoms with van der Waals surface area (Å²) in [5.41, 5.74) is 2.25. The minimum Gasteiger partial charge on any atom is -0.497 e. The third-order valence-electron chi connectivity index (χ3n) is 5.16. The lowest BCUT2D eigenvalue weighted by atomic mass is 9.64. The lowest BCUT2D eigenvalue weighted by Gasteiger charge is -2.42. The Morgan fingerprint density at radius 3 is 2.44 bits per heavy atom. The zero-order valence-electron chi connectivity index (χ0n) is 14.9. The van der Waals surface area contributed by atoms with Crippen molar-refractivity contribution in [1.82, 2.24) is 5.32 Å². The molecule has 0 radical (unpaired) electrons. The summed E-state index contributed by atoms with van der Waals surface area (Å²) in [6.45, 7) is 0.683. The molecule has 2 aromatic rings. The molecule has 0 saturated heterocycles. The summed E-state index contributed by atoms with van der Waals surface area (Å²) in [6, 6.07) is 16.0. The van der Waals surface area contributed by atoms with Gasteiger partial charge in [-0.05, 0) is 36.6 Å². The summed E-state index contributed by atoms with van der Waals surface area (Å²) in [4.78, 5) is 12.5. The summed E-state index contributed by atoms with van der Waals surface area (Å²) < 4.78 is 10.6. The number of hydrogen-bond acceptors (Lipinski definition) is 3. The zero-order chi connectivity index (χ0) is 17.7. The van der Waals surface area contributed by atoms with Crippen LogP contribution < -0.4 is 14.8 Å². The van der Waals surface area contributed by atoms with E-state index in [4.69, 9.17) is 9.47 Å². The Morgan fingerprint density at radius 1 is 1.08 bits per heavy atom. The smallest absolute Gasteiger partial charge is 0.224 e. The molecule has 0 atom stereocenters. The molecule has 1 aliphatic carbocycles. The Kier molecular flexibility index (Phi) is 5.27. The molecule has 2 aromatic carbocycles. The van der Waals surface area contributed by atoms with Crippen LogP contribution in [0.25, 0.3) is 0 Å². The fourth-order valence-electron chi connectivity index (χ4n) is 3.49. The van der Waals surface area contributed by atoms with Gasteiger partial charge in [-0.15, -0.1) is 0 Å². The third kappa shape index (κ3) is 3.78.